The van der Waals surface area contributed by atoms with Gasteiger partial charge in [0.1, 0.15) is 0 Å². The van der Waals surface area contributed by atoms with E-state index in [1.54, 1.807) is 6.92 Å². The van der Waals surface area contributed by atoms with Gasteiger partial charge in [0.2, 0.25) is 0 Å². The van der Waals surface area contributed by atoms with Gasteiger partial charge in [0, 0.05) is 37.7 Å². The summed E-state index contributed by atoms with van der Waals surface area (Å²) in [6.07, 6.45) is -3.88. The number of carbonyl (C=O) groups is 2. The smallest absolute Gasteiger partial charge is 0.338 e. The van der Waals surface area contributed by atoms with Crippen LogP contribution in [0, 0.1) is 0 Å². The van der Waals surface area contributed by atoms with Crippen LogP contribution in [0.2, 0.25) is 5.02 Å². The number of benzene rings is 1. The van der Waals surface area contributed by atoms with Crippen LogP contribution in [0.15, 0.2) is 30.5 Å². The van der Waals surface area contributed by atoms with E-state index in [9.17, 15) is 22.8 Å². The highest BCUT2D eigenvalue weighted by Crippen LogP contribution is 2.34. The Morgan fingerprint density at radius 2 is 1.83 bits per heavy atom. The molecular formula is C18H19ClF3N5O2. The Labute approximate surface area is 170 Å². The second kappa shape index (κ2) is 8.32. The van der Waals surface area contributed by atoms with Crippen molar-refractivity contribution in [3.63, 3.8) is 0 Å². The fraction of sp³-hybridized carbons (Fsp3) is 0.389. The van der Waals surface area contributed by atoms with Gasteiger partial charge in [0.25, 0.3) is 5.91 Å². The van der Waals surface area contributed by atoms with Crippen molar-refractivity contribution in [1.82, 2.24) is 24.9 Å². The lowest BCUT2D eigenvalue weighted by Gasteiger charge is -2.34. The van der Waals surface area contributed by atoms with E-state index in [1.807, 2.05) is 0 Å². The van der Waals surface area contributed by atoms with Gasteiger partial charge in [-0.25, -0.2) is 9.48 Å². The average Bonchev–Trinajstić information content (AvgIpc) is 3.13. The number of nitrogens with zero attached hydrogens (tertiary/aromatic N) is 4. The molecule has 1 aliphatic rings. The summed E-state index contributed by atoms with van der Waals surface area (Å²) in [5.41, 5.74) is -1.59. The van der Waals surface area contributed by atoms with Crippen LogP contribution < -0.4 is 5.32 Å². The third kappa shape index (κ3) is 4.47. The molecule has 156 valence electrons. The standard InChI is InChI=1S/C18H19ClF3N5O2/c1-2-23-17(29)26-8-6-25(7-9-26)16(28)14-11-24-27(15(14)18(20,21)22)13-5-3-4-12(19)10-13/h3-5,10-11H,2,6-9H2,1H3,(H,23,29). The Kier molecular flexibility index (Phi) is 6.02. The molecule has 0 aliphatic carbocycles. The lowest BCUT2D eigenvalue weighted by Crippen LogP contribution is -2.53. The molecule has 3 amide bonds. The minimum atomic E-state index is -4.80. The fourth-order valence-electron chi connectivity index (χ4n) is 3.13. The maximum absolute atomic E-state index is 13.8. The molecule has 0 atom stereocenters. The Morgan fingerprint density at radius 1 is 1.17 bits per heavy atom. The van der Waals surface area contributed by atoms with E-state index in [0.717, 1.165) is 6.20 Å². The topological polar surface area (TPSA) is 70.5 Å². The van der Waals surface area contributed by atoms with E-state index < -0.39 is 23.3 Å². The summed E-state index contributed by atoms with van der Waals surface area (Å²) >= 11 is 5.88. The molecule has 29 heavy (non-hydrogen) atoms. The Balaban J connectivity index is 1.86. The number of rotatable bonds is 3. The van der Waals surface area contributed by atoms with Crippen molar-refractivity contribution in [3.8, 4) is 5.69 Å². The molecule has 7 nitrogen and oxygen atoms in total. The van der Waals surface area contributed by atoms with E-state index in [2.05, 4.69) is 10.4 Å². The summed E-state index contributed by atoms with van der Waals surface area (Å²) in [6.45, 7) is 3.00. The van der Waals surface area contributed by atoms with Crippen molar-refractivity contribution < 1.29 is 22.8 Å². The fourth-order valence-corrected chi connectivity index (χ4v) is 3.31. The molecule has 2 aromatic rings. The number of aromatic nitrogens is 2. The van der Waals surface area contributed by atoms with Gasteiger partial charge in [-0.15, -0.1) is 0 Å². The number of amides is 3. The molecule has 1 aromatic carbocycles. The Bertz CT molecular complexity index is 907. The molecule has 2 heterocycles. The number of halogens is 4. The van der Waals surface area contributed by atoms with Gasteiger partial charge in [0.15, 0.2) is 5.69 Å². The number of hydrogen-bond acceptors (Lipinski definition) is 3. The number of carbonyl (C=O) groups excluding carboxylic acids is 2. The van der Waals surface area contributed by atoms with Crippen molar-refractivity contribution in [3.05, 3.63) is 46.7 Å². The van der Waals surface area contributed by atoms with Crippen LogP contribution in [0.25, 0.3) is 5.69 Å². The maximum atomic E-state index is 13.8. The molecule has 1 N–H and O–H groups in total. The summed E-state index contributed by atoms with van der Waals surface area (Å²) in [6, 6.07) is 5.53. The number of urea groups is 1. The number of piperazine rings is 1. The molecule has 1 saturated heterocycles. The van der Waals surface area contributed by atoms with Crippen LogP contribution in [0.3, 0.4) is 0 Å². The number of nitrogens with one attached hydrogen (secondary N) is 1. The quantitative estimate of drug-likeness (QED) is 0.815. The van der Waals surface area contributed by atoms with Crippen molar-refractivity contribution >= 4 is 23.5 Å². The summed E-state index contributed by atoms with van der Waals surface area (Å²) in [5.74, 6) is -0.777. The van der Waals surface area contributed by atoms with Crippen LogP contribution in [0.4, 0.5) is 18.0 Å². The van der Waals surface area contributed by atoms with Crippen LogP contribution in [0.5, 0.6) is 0 Å². The molecule has 0 saturated carbocycles. The van der Waals surface area contributed by atoms with Gasteiger partial charge >= 0.3 is 12.2 Å². The van der Waals surface area contributed by atoms with E-state index in [0.29, 0.717) is 11.2 Å². The average molecular weight is 430 g/mol. The molecule has 0 radical (unpaired) electrons. The van der Waals surface area contributed by atoms with Crippen LogP contribution >= 0.6 is 11.6 Å². The van der Waals surface area contributed by atoms with Crippen LogP contribution in [-0.4, -0.2) is 64.2 Å². The minimum absolute atomic E-state index is 0.102. The van der Waals surface area contributed by atoms with Gasteiger partial charge in [-0.3, -0.25) is 4.79 Å². The highest BCUT2D eigenvalue weighted by Gasteiger charge is 2.41. The van der Waals surface area contributed by atoms with Gasteiger partial charge in [-0.2, -0.15) is 18.3 Å². The normalized spacial score (nSPS) is 14.8. The van der Waals surface area contributed by atoms with Gasteiger partial charge in [-0.05, 0) is 25.1 Å². The van der Waals surface area contributed by atoms with Gasteiger partial charge in [-0.1, -0.05) is 17.7 Å². The molecule has 3 rings (SSSR count). The van der Waals surface area contributed by atoms with Gasteiger partial charge < -0.3 is 15.1 Å². The first-order valence-corrected chi connectivity index (χ1v) is 9.33. The van der Waals surface area contributed by atoms with Crippen molar-refractivity contribution in [1.29, 1.82) is 0 Å². The number of alkyl halides is 3. The lowest BCUT2D eigenvalue weighted by atomic mass is 10.2. The highest BCUT2D eigenvalue weighted by atomic mass is 35.5. The van der Waals surface area contributed by atoms with Crippen LogP contribution in [0.1, 0.15) is 23.0 Å². The molecule has 0 unspecified atom stereocenters. The highest BCUT2D eigenvalue weighted by molar-refractivity contribution is 6.30. The Hall–Kier alpha value is -2.75. The first-order valence-electron chi connectivity index (χ1n) is 8.95. The third-order valence-corrected chi connectivity index (χ3v) is 4.74. The molecule has 1 aliphatic heterocycles. The maximum Gasteiger partial charge on any atom is 0.434 e. The second-order valence-corrected chi connectivity index (χ2v) is 6.85. The largest absolute Gasteiger partial charge is 0.434 e. The predicted octanol–water partition coefficient (Wildman–Crippen LogP) is 3.03. The van der Waals surface area contributed by atoms with E-state index in [-0.39, 0.29) is 42.9 Å². The van der Waals surface area contributed by atoms with E-state index in [4.69, 9.17) is 11.6 Å². The molecule has 11 heteroatoms. The SMILES string of the molecule is CCNC(=O)N1CCN(C(=O)c2cnn(-c3cccc(Cl)c3)c2C(F)(F)F)CC1. The zero-order chi connectivity index (χ0) is 21.2. The van der Waals surface area contributed by atoms with E-state index in [1.165, 1.54) is 34.1 Å². The van der Waals surface area contributed by atoms with Crippen molar-refractivity contribution in [2.24, 2.45) is 0 Å². The predicted molar refractivity (Wildman–Crippen MR) is 100 cm³/mol. The first kappa shape index (κ1) is 21.0. The zero-order valence-corrected chi connectivity index (χ0v) is 16.3. The molecule has 0 bridgehead atoms. The van der Waals surface area contributed by atoms with Crippen molar-refractivity contribution in [2.75, 3.05) is 32.7 Å². The molecular weight excluding hydrogens is 411 g/mol. The Morgan fingerprint density at radius 3 is 2.41 bits per heavy atom. The molecule has 1 aromatic heterocycles. The number of hydrogen-bond donors (Lipinski definition) is 1. The minimum Gasteiger partial charge on any atom is -0.338 e. The monoisotopic (exact) mass is 429 g/mol. The zero-order valence-electron chi connectivity index (χ0n) is 15.5. The summed E-state index contributed by atoms with van der Waals surface area (Å²) < 4.78 is 42.0. The second-order valence-electron chi connectivity index (χ2n) is 6.41. The lowest BCUT2D eigenvalue weighted by molar-refractivity contribution is -0.143. The summed E-state index contributed by atoms with van der Waals surface area (Å²) in [5, 5.41) is 6.70. The summed E-state index contributed by atoms with van der Waals surface area (Å²) in [7, 11) is 0. The van der Waals surface area contributed by atoms with Crippen LogP contribution in [-0.2, 0) is 6.18 Å². The molecule has 0 spiro atoms. The third-order valence-electron chi connectivity index (χ3n) is 4.50. The first-order chi connectivity index (χ1) is 13.7. The summed E-state index contributed by atoms with van der Waals surface area (Å²) in [4.78, 5) is 27.5. The molecule has 1 fully saturated rings. The van der Waals surface area contributed by atoms with Crippen molar-refractivity contribution in [2.45, 2.75) is 13.1 Å². The van der Waals surface area contributed by atoms with Gasteiger partial charge in [0.05, 0.1) is 17.4 Å². The van der Waals surface area contributed by atoms with E-state index >= 15 is 0 Å².